The molecule has 0 fully saturated rings. The van der Waals surface area contributed by atoms with Crippen molar-refractivity contribution in [2.45, 2.75) is 0 Å². The second-order valence-corrected chi connectivity index (χ2v) is 7.32. The Morgan fingerprint density at radius 3 is 2.19 bits per heavy atom. The molecule has 7 nitrogen and oxygen atoms in total. The quantitative estimate of drug-likeness (QED) is 0.462. The van der Waals surface area contributed by atoms with Gasteiger partial charge < -0.3 is 0 Å². The Bertz CT molecular complexity index is 1370. The standard InChI is InChI=1S/C22H14Cl2N4O3/c23-13-10-11-18(24)17(12-13)20(29)25-26-21(30)19-15-8-4-5-9-16(15)22(31)28(27-19)14-6-2-1-3-7-14/h1-12H,(H,25,29)(H,26,30). The molecule has 1 aromatic heterocycles. The number of amides is 2. The number of carbonyl (C=O) groups is 2. The summed E-state index contributed by atoms with van der Waals surface area (Å²) in [5, 5.41) is 5.42. The minimum Gasteiger partial charge on any atom is -0.267 e. The number of nitrogens with one attached hydrogen (secondary N) is 2. The fourth-order valence-electron chi connectivity index (χ4n) is 3.01. The largest absolute Gasteiger partial charge is 0.290 e. The number of halogens is 2. The summed E-state index contributed by atoms with van der Waals surface area (Å²) in [6, 6.07) is 19.7. The fourth-order valence-corrected chi connectivity index (χ4v) is 3.39. The number of benzene rings is 3. The van der Waals surface area contributed by atoms with Crippen LogP contribution in [0, 0.1) is 0 Å². The first kappa shape index (κ1) is 20.6. The highest BCUT2D eigenvalue weighted by atomic mass is 35.5. The van der Waals surface area contributed by atoms with Gasteiger partial charge in [-0.25, -0.2) is 0 Å². The highest BCUT2D eigenvalue weighted by molar-refractivity contribution is 6.35. The molecule has 4 aromatic rings. The molecule has 0 atom stereocenters. The van der Waals surface area contributed by atoms with Crippen LogP contribution in [0.15, 0.2) is 77.6 Å². The third kappa shape index (κ3) is 4.14. The van der Waals surface area contributed by atoms with E-state index in [1.165, 1.54) is 12.1 Å². The predicted molar refractivity (Wildman–Crippen MR) is 119 cm³/mol. The zero-order chi connectivity index (χ0) is 22.0. The van der Waals surface area contributed by atoms with E-state index in [9.17, 15) is 14.4 Å². The molecule has 31 heavy (non-hydrogen) atoms. The van der Waals surface area contributed by atoms with Crippen molar-refractivity contribution in [3.05, 3.63) is 104 Å². The van der Waals surface area contributed by atoms with Crippen molar-refractivity contribution >= 4 is 45.8 Å². The molecule has 0 aliphatic heterocycles. The molecule has 9 heteroatoms. The average Bonchev–Trinajstić information content (AvgIpc) is 2.80. The first-order valence-corrected chi connectivity index (χ1v) is 9.84. The van der Waals surface area contributed by atoms with Gasteiger partial charge in [-0.1, -0.05) is 59.6 Å². The average molecular weight is 453 g/mol. The van der Waals surface area contributed by atoms with Gasteiger partial charge in [-0.15, -0.1) is 0 Å². The van der Waals surface area contributed by atoms with Crippen molar-refractivity contribution in [1.29, 1.82) is 0 Å². The molecular weight excluding hydrogens is 439 g/mol. The summed E-state index contributed by atoms with van der Waals surface area (Å²) in [6.45, 7) is 0. The number of hydrogen-bond acceptors (Lipinski definition) is 4. The van der Waals surface area contributed by atoms with E-state index in [2.05, 4.69) is 16.0 Å². The molecular formula is C22H14Cl2N4O3. The summed E-state index contributed by atoms with van der Waals surface area (Å²) in [5.74, 6) is -1.35. The topological polar surface area (TPSA) is 93.1 Å². The van der Waals surface area contributed by atoms with E-state index in [4.69, 9.17) is 23.2 Å². The Morgan fingerprint density at radius 1 is 0.806 bits per heavy atom. The lowest BCUT2D eigenvalue weighted by Gasteiger charge is -2.12. The van der Waals surface area contributed by atoms with E-state index in [1.54, 1.807) is 60.7 Å². The van der Waals surface area contributed by atoms with Gasteiger partial charge in [0.15, 0.2) is 5.69 Å². The predicted octanol–water partition coefficient (Wildman–Crippen LogP) is 3.77. The van der Waals surface area contributed by atoms with E-state index in [-0.39, 0.29) is 21.8 Å². The summed E-state index contributed by atoms with van der Waals surface area (Å²) in [4.78, 5) is 38.2. The SMILES string of the molecule is O=C(NNC(=O)c1nn(-c2ccccc2)c(=O)c2ccccc12)c1cc(Cl)ccc1Cl. The van der Waals surface area contributed by atoms with Gasteiger partial charge >= 0.3 is 0 Å². The lowest BCUT2D eigenvalue weighted by atomic mass is 10.1. The molecule has 0 unspecified atom stereocenters. The Morgan fingerprint density at radius 2 is 1.45 bits per heavy atom. The number of para-hydroxylation sites is 1. The molecule has 0 aliphatic carbocycles. The van der Waals surface area contributed by atoms with Gasteiger partial charge in [0.05, 0.1) is 21.7 Å². The van der Waals surface area contributed by atoms with Gasteiger partial charge in [-0.05, 0) is 36.4 Å². The maximum absolute atomic E-state index is 12.9. The molecule has 1 heterocycles. The highest BCUT2D eigenvalue weighted by Gasteiger charge is 2.19. The molecule has 2 N–H and O–H groups in total. The van der Waals surface area contributed by atoms with Crippen LogP contribution >= 0.6 is 23.2 Å². The zero-order valence-electron chi connectivity index (χ0n) is 15.8. The van der Waals surface area contributed by atoms with Crippen molar-refractivity contribution in [1.82, 2.24) is 20.6 Å². The zero-order valence-corrected chi connectivity index (χ0v) is 17.3. The van der Waals surface area contributed by atoms with Gasteiger partial charge in [0.25, 0.3) is 17.4 Å². The minimum atomic E-state index is -0.701. The molecule has 0 spiro atoms. The number of aromatic nitrogens is 2. The molecule has 4 rings (SSSR count). The smallest absolute Gasteiger partial charge is 0.267 e. The van der Waals surface area contributed by atoms with Crippen LogP contribution in [0.2, 0.25) is 10.0 Å². The Balaban J connectivity index is 1.69. The molecule has 0 bridgehead atoms. The lowest BCUT2D eigenvalue weighted by molar-refractivity contribution is 0.0844. The van der Waals surface area contributed by atoms with Crippen LogP contribution in [0.1, 0.15) is 20.8 Å². The summed E-state index contributed by atoms with van der Waals surface area (Å²) in [5.41, 5.74) is 4.81. The summed E-state index contributed by atoms with van der Waals surface area (Å²) in [6.07, 6.45) is 0. The maximum atomic E-state index is 12.9. The van der Waals surface area contributed by atoms with Crippen molar-refractivity contribution < 1.29 is 9.59 Å². The number of nitrogens with zero attached hydrogens (tertiary/aromatic N) is 2. The number of hydrazine groups is 1. The van der Waals surface area contributed by atoms with Crippen LogP contribution in [0.4, 0.5) is 0 Å². The number of hydrogen-bond donors (Lipinski definition) is 2. The second-order valence-electron chi connectivity index (χ2n) is 6.48. The first-order valence-electron chi connectivity index (χ1n) is 9.09. The Kier molecular flexibility index (Phi) is 5.70. The maximum Gasteiger partial charge on any atom is 0.290 e. The van der Waals surface area contributed by atoms with Crippen molar-refractivity contribution in [2.24, 2.45) is 0 Å². The highest BCUT2D eigenvalue weighted by Crippen LogP contribution is 2.20. The summed E-state index contributed by atoms with van der Waals surface area (Å²) in [7, 11) is 0. The van der Waals surface area contributed by atoms with Crippen molar-refractivity contribution in [2.75, 3.05) is 0 Å². The Labute approximate surface area is 186 Å². The van der Waals surface area contributed by atoms with Gasteiger partial charge in [0.1, 0.15) is 0 Å². The third-order valence-electron chi connectivity index (χ3n) is 4.48. The second kappa shape index (κ2) is 8.59. The van der Waals surface area contributed by atoms with Crippen LogP contribution in [-0.2, 0) is 0 Å². The van der Waals surface area contributed by atoms with E-state index >= 15 is 0 Å². The molecule has 3 aromatic carbocycles. The molecule has 0 saturated heterocycles. The normalized spacial score (nSPS) is 10.6. The van der Waals surface area contributed by atoms with Crippen LogP contribution in [0.5, 0.6) is 0 Å². The van der Waals surface area contributed by atoms with Crippen molar-refractivity contribution in [3.63, 3.8) is 0 Å². The van der Waals surface area contributed by atoms with E-state index < -0.39 is 11.8 Å². The van der Waals surface area contributed by atoms with Gasteiger partial charge in [0, 0.05) is 10.4 Å². The summed E-state index contributed by atoms with van der Waals surface area (Å²) >= 11 is 11.9. The van der Waals surface area contributed by atoms with Crippen LogP contribution in [0.3, 0.4) is 0 Å². The first-order chi connectivity index (χ1) is 15.0. The monoisotopic (exact) mass is 452 g/mol. The van der Waals surface area contributed by atoms with E-state index in [0.29, 0.717) is 21.5 Å². The third-order valence-corrected chi connectivity index (χ3v) is 5.05. The number of rotatable bonds is 3. The van der Waals surface area contributed by atoms with Crippen LogP contribution in [0.25, 0.3) is 16.5 Å². The van der Waals surface area contributed by atoms with Crippen LogP contribution in [-0.4, -0.2) is 21.6 Å². The van der Waals surface area contributed by atoms with Gasteiger partial charge in [0.2, 0.25) is 0 Å². The van der Waals surface area contributed by atoms with Gasteiger partial charge in [-0.3, -0.25) is 25.2 Å². The minimum absolute atomic E-state index is 0.0310. The van der Waals surface area contributed by atoms with Crippen LogP contribution < -0.4 is 16.4 Å². The van der Waals surface area contributed by atoms with E-state index in [1.807, 2.05) is 0 Å². The Hall–Kier alpha value is -3.68. The molecule has 0 aliphatic rings. The molecule has 0 saturated carbocycles. The number of carbonyl (C=O) groups excluding carboxylic acids is 2. The lowest BCUT2D eigenvalue weighted by Crippen LogP contribution is -2.42. The fraction of sp³-hybridized carbons (Fsp3) is 0. The summed E-state index contributed by atoms with van der Waals surface area (Å²) < 4.78 is 1.15. The van der Waals surface area contributed by atoms with Gasteiger partial charge in [-0.2, -0.15) is 9.78 Å². The van der Waals surface area contributed by atoms with E-state index in [0.717, 1.165) is 4.68 Å². The van der Waals surface area contributed by atoms with Crippen molar-refractivity contribution in [3.8, 4) is 5.69 Å². The molecule has 154 valence electrons. The number of fused-ring (bicyclic) bond motifs is 1. The molecule has 0 radical (unpaired) electrons. The molecule has 2 amide bonds.